The molecule has 5 fully saturated rings. The largest absolute Gasteiger partial charge is 0.195 e. The minimum Gasteiger partial charge on any atom is -0.195 e. The van der Waals surface area contributed by atoms with E-state index < -0.39 is 9.06 Å². The first-order valence-corrected chi connectivity index (χ1v) is 19.9. The zero-order chi connectivity index (χ0) is 23.5. The van der Waals surface area contributed by atoms with E-state index in [0.717, 1.165) is 51.9 Å². The van der Waals surface area contributed by atoms with Gasteiger partial charge in [0.25, 0.3) is 0 Å². The third kappa shape index (κ3) is 5.89. The molecule has 0 radical (unpaired) electrons. The van der Waals surface area contributed by atoms with Crippen molar-refractivity contribution >= 4 is 19.9 Å². The standard InChI is InChI=1S/C32H58S2/c1-4-5-12-24-19-20-26(23-24)34(2,3)33-32-22-21-30-29(17-11-18-31(30)32)28-16-10-9-15-27(28)25-13-7-6-8-14-25/h24-32H,4-23H2,1-3H3. The lowest BCUT2D eigenvalue weighted by molar-refractivity contribution is 0.0269. The van der Waals surface area contributed by atoms with Crippen molar-refractivity contribution in [2.24, 2.45) is 41.4 Å². The van der Waals surface area contributed by atoms with E-state index in [4.69, 9.17) is 0 Å². The van der Waals surface area contributed by atoms with E-state index in [1.807, 2.05) is 0 Å². The minimum absolute atomic E-state index is 0.506. The molecule has 0 bridgehead atoms. The Kier molecular flexibility index (Phi) is 9.32. The summed E-state index contributed by atoms with van der Waals surface area (Å²) < 4.78 is 0. The molecular formula is C32H58S2. The van der Waals surface area contributed by atoms with Gasteiger partial charge in [-0.05, 0) is 117 Å². The van der Waals surface area contributed by atoms with Crippen molar-refractivity contribution in [3.8, 4) is 0 Å². The Bertz CT molecular complexity index is 623. The van der Waals surface area contributed by atoms with Gasteiger partial charge in [0.05, 0.1) is 0 Å². The Morgan fingerprint density at radius 2 is 1.26 bits per heavy atom. The monoisotopic (exact) mass is 506 g/mol. The Morgan fingerprint density at radius 3 is 2.06 bits per heavy atom. The Balaban J connectivity index is 1.21. The van der Waals surface area contributed by atoms with E-state index in [1.54, 1.807) is 103 Å². The second-order valence-corrected chi connectivity index (χ2v) is 21.1. The van der Waals surface area contributed by atoms with Crippen LogP contribution in [0.1, 0.15) is 135 Å². The summed E-state index contributed by atoms with van der Waals surface area (Å²) in [4.78, 5) is 0. The molecule has 8 unspecified atom stereocenters. The summed E-state index contributed by atoms with van der Waals surface area (Å²) in [5.74, 6) is 7.71. The molecule has 0 aromatic heterocycles. The highest BCUT2D eigenvalue weighted by Crippen LogP contribution is 2.68. The van der Waals surface area contributed by atoms with Gasteiger partial charge in [0, 0.05) is 5.25 Å². The van der Waals surface area contributed by atoms with Crippen LogP contribution in [0.25, 0.3) is 0 Å². The van der Waals surface area contributed by atoms with E-state index in [2.05, 4.69) is 30.2 Å². The number of rotatable bonds is 8. The quantitative estimate of drug-likeness (QED) is 0.295. The zero-order valence-corrected chi connectivity index (χ0v) is 24.8. The van der Waals surface area contributed by atoms with Crippen molar-refractivity contribution < 1.29 is 0 Å². The molecule has 0 nitrogen and oxygen atoms in total. The number of unbranched alkanes of at least 4 members (excludes halogenated alkanes) is 1. The van der Waals surface area contributed by atoms with Crippen LogP contribution in [0.2, 0.25) is 0 Å². The molecule has 0 saturated heterocycles. The summed E-state index contributed by atoms with van der Waals surface area (Å²) in [6, 6.07) is 0. The first kappa shape index (κ1) is 26.3. The van der Waals surface area contributed by atoms with Crippen LogP contribution in [0.5, 0.6) is 0 Å². The molecule has 198 valence electrons. The maximum Gasteiger partial charge on any atom is 0.0167 e. The lowest BCUT2D eigenvalue weighted by Gasteiger charge is -2.48. The molecule has 0 N–H and O–H groups in total. The predicted molar refractivity (Wildman–Crippen MR) is 157 cm³/mol. The number of fused-ring (bicyclic) bond motifs is 1. The molecule has 8 atom stereocenters. The van der Waals surface area contributed by atoms with Crippen LogP contribution in [0, 0.1) is 41.4 Å². The van der Waals surface area contributed by atoms with E-state index in [-0.39, 0.29) is 0 Å². The molecule has 5 rings (SSSR count). The van der Waals surface area contributed by atoms with E-state index >= 15 is 0 Å². The number of hydrogen-bond acceptors (Lipinski definition) is 1. The molecule has 0 heterocycles. The van der Waals surface area contributed by atoms with Crippen molar-refractivity contribution in [3.63, 3.8) is 0 Å². The highest BCUT2D eigenvalue weighted by Gasteiger charge is 2.49. The fraction of sp³-hybridized carbons (Fsp3) is 1.00. The first-order chi connectivity index (χ1) is 16.6. The molecule has 34 heavy (non-hydrogen) atoms. The lowest BCUT2D eigenvalue weighted by atomic mass is 9.58. The Labute approximate surface area is 219 Å². The van der Waals surface area contributed by atoms with Gasteiger partial charge < -0.3 is 0 Å². The Morgan fingerprint density at radius 1 is 0.618 bits per heavy atom. The van der Waals surface area contributed by atoms with Crippen LogP contribution >= 0.6 is 19.9 Å². The molecule has 0 aliphatic heterocycles. The molecule has 0 aromatic rings. The van der Waals surface area contributed by atoms with E-state index in [0.29, 0.717) is 0 Å². The van der Waals surface area contributed by atoms with Crippen molar-refractivity contribution in [2.45, 2.75) is 146 Å². The van der Waals surface area contributed by atoms with Gasteiger partial charge in [-0.15, -0.1) is 10.8 Å². The summed E-state index contributed by atoms with van der Waals surface area (Å²) in [5.41, 5.74) is 0. The minimum atomic E-state index is -0.506. The molecular weight excluding hydrogens is 448 g/mol. The van der Waals surface area contributed by atoms with E-state index in [1.165, 1.54) is 25.7 Å². The summed E-state index contributed by atoms with van der Waals surface area (Å²) in [6.07, 6.45) is 36.5. The molecule has 5 aliphatic carbocycles. The van der Waals surface area contributed by atoms with Crippen LogP contribution in [0.3, 0.4) is 0 Å². The molecule has 5 saturated carbocycles. The van der Waals surface area contributed by atoms with Gasteiger partial charge in [0.15, 0.2) is 0 Å². The van der Waals surface area contributed by atoms with Crippen LogP contribution < -0.4 is 0 Å². The van der Waals surface area contributed by atoms with Gasteiger partial charge in [-0.1, -0.05) is 77.6 Å². The van der Waals surface area contributed by atoms with Gasteiger partial charge in [-0.3, -0.25) is 0 Å². The highest BCUT2D eigenvalue weighted by atomic mass is 33.2. The normalized spacial score (nSPS) is 42.6. The lowest BCUT2D eigenvalue weighted by Crippen LogP contribution is -2.40. The maximum absolute atomic E-state index is 2.73. The Hall–Kier alpha value is 0.700. The fourth-order valence-electron chi connectivity index (χ4n) is 10.0. The van der Waals surface area contributed by atoms with Crippen LogP contribution in [0.4, 0.5) is 0 Å². The summed E-state index contributed by atoms with van der Waals surface area (Å²) in [6.45, 7) is 2.37. The van der Waals surface area contributed by atoms with Crippen LogP contribution in [-0.4, -0.2) is 23.0 Å². The average molecular weight is 507 g/mol. The second kappa shape index (κ2) is 12.0. The van der Waals surface area contributed by atoms with Crippen molar-refractivity contribution in [1.29, 1.82) is 0 Å². The third-order valence-corrected chi connectivity index (χ3v) is 18.2. The van der Waals surface area contributed by atoms with Crippen molar-refractivity contribution in [3.05, 3.63) is 0 Å². The van der Waals surface area contributed by atoms with Gasteiger partial charge in [0.2, 0.25) is 0 Å². The van der Waals surface area contributed by atoms with Gasteiger partial charge in [0.1, 0.15) is 0 Å². The fourth-order valence-corrected chi connectivity index (χ4v) is 16.6. The van der Waals surface area contributed by atoms with Crippen molar-refractivity contribution in [1.82, 2.24) is 0 Å². The molecule has 0 amide bonds. The topological polar surface area (TPSA) is 0 Å². The summed E-state index contributed by atoms with van der Waals surface area (Å²) >= 11 is 0. The third-order valence-electron chi connectivity index (χ3n) is 11.8. The van der Waals surface area contributed by atoms with Gasteiger partial charge in [-0.2, -0.15) is 9.06 Å². The number of hydrogen-bond donors (Lipinski definition) is 0. The smallest absolute Gasteiger partial charge is 0.0167 e. The van der Waals surface area contributed by atoms with Gasteiger partial charge >= 0.3 is 0 Å². The molecule has 2 heteroatoms. The van der Waals surface area contributed by atoms with Crippen molar-refractivity contribution in [2.75, 3.05) is 12.5 Å². The van der Waals surface area contributed by atoms with Gasteiger partial charge in [-0.25, -0.2) is 0 Å². The predicted octanol–water partition coefficient (Wildman–Crippen LogP) is 10.6. The van der Waals surface area contributed by atoms with Crippen LogP contribution in [-0.2, 0) is 0 Å². The summed E-state index contributed by atoms with van der Waals surface area (Å²) in [5, 5.41) is 2.08. The molecule has 5 aliphatic rings. The SMILES string of the molecule is CCCCC1CCC(S(C)(C)SC2CCC3C2CCCC3C2CCCCC2C2CCCCC2)C1. The second-order valence-electron chi connectivity index (χ2n) is 13.9. The maximum atomic E-state index is 2.73. The molecule has 0 aromatic carbocycles. The molecule has 0 spiro atoms. The summed E-state index contributed by atoms with van der Waals surface area (Å²) in [7, 11) is 2.07. The average Bonchev–Trinajstić information content (AvgIpc) is 3.51. The van der Waals surface area contributed by atoms with E-state index in [9.17, 15) is 0 Å². The van der Waals surface area contributed by atoms with Crippen LogP contribution in [0.15, 0.2) is 0 Å². The first-order valence-electron chi connectivity index (χ1n) is 16.0. The zero-order valence-electron chi connectivity index (χ0n) is 23.2. The highest BCUT2D eigenvalue weighted by molar-refractivity contribution is 8.94.